The third-order valence-electron chi connectivity index (χ3n) is 3.08. The smallest absolute Gasteiger partial charge is 0.237 e. The van der Waals surface area contributed by atoms with Crippen molar-refractivity contribution in [3.63, 3.8) is 0 Å². The van der Waals surface area contributed by atoms with Gasteiger partial charge in [-0.2, -0.15) is 5.26 Å². The van der Waals surface area contributed by atoms with Crippen LogP contribution in [0, 0.1) is 11.3 Å². The first-order valence-corrected chi connectivity index (χ1v) is 7.04. The van der Waals surface area contributed by atoms with Gasteiger partial charge in [0.1, 0.15) is 17.4 Å². The van der Waals surface area contributed by atoms with Crippen molar-refractivity contribution in [3.8, 4) is 29.0 Å². The summed E-state index contributed by atoms with van der Waals surface area (Å²) in [5.74, 6) is 0.866. The minimum Gasteiger partial charge on any atom is -0.438 e. The van der Waals surface area contributed by atoms with Crippen LogP contribution in [0.15, 0.2) is 66.7 Å². The molecule has 0 saturated carbocycles. The highest BCUT2D eigenvalue weighted by molar-refractivity contribution is 6.30. The Hall–Kier alpha value is -2.83. The van der Waals surface area contributed by atoms with Crippen LogP contribution >= 0.6 is 11.6 Å². The number of hydrogen-bond acceptors (Lipinski definition) is 3. The molecule has 0 atom stereocenters. The predicted octanol–water partition coefficient (Wildman–Crippen LogP) is 5.07. The van der Waals surface area contributed by atoms with Gasteiger partial charge in [-0.25, -0.2) is 4.98 Å². The quantitative estimate of drug-likeness (QED) is 0.679. The number of benzene rings is 2. The molecule has 1 aromatic heterocycles. The average molecular weight is 307 g/mol. The van der Waals surface area contributed by atoms with Crippen molar-refractivity contribution in [1.29, 1.82) is 5.26 Å². The van der Waals surface area contributed by atoms with Crippen molar-refractivity contribution in [2.45, 2.75) is 0 Å². The second-order valence-corrected chi connectivity index (χ2v) is 5.02. The van der Waals surface area contributed by atoms with Crippen LogP contribution in [0.2, 0.25) is 5.02 Å². The third-order valence-corrected chi connectivity index (χ3v) is 3.33. The number of nitrogens with zero attached hydrogens (tertiary/aromatic N) is 2. The molecule has 0 fully saturated rings. The van der Waals surface area contributed by atoms with Crippen LogP contribution in [-0.4, -0.2) is 4.98 Å². The SMILES string of the molecule is N#Cc1ccc(-c2ccccc2)nc1Oc1ccc(Cl)cc1. The van der Waals surface area contributed by atoms with E-state index < -0.39 is 0 Å². The molecular formula is C18H11ClN2O. The van der Waals surface area contributed by atoms with Gasteiger partial charge in [0.15, 0.2) is 0 Å². The minimum atomic E-state index is 0.283. The van der Waals surface area contributed by atoms with Crippen molar-refractivity contribution in [3.05, 3.63) is 77.3 Å². The van der Waals surface area contributed by atoms with Crippen molar-refractivity contribution < 1.29 is 4.74 Å². The van der Waals surface area contributed by atoms with Gasteiger partial charge in [0, 0.05) is 10.6 Å². The zero-order chi connectivity index (χ0) is 15.4. The zero-order valence-corrected chi connectivity index (χ0v) is 12.3. The molecule has 22 heavy (non-hydrogen) atoms. The largest absolute Gasteiger partial charge is 0.438 e. The van der Waals surface area contributed by atoms with Gasteiger partial charge in [0.25, 0.3) is 0 Å². The Balaban J connectivity index is 1.98. The number of halogens is 1. The summed E-state index contributed by atoms with van der Waals surface area (Å²) in [5.41, 5.74) is 2.10. The van der Waals surface area contributed by atoms with Gasteiger partial charge in [-0.1, -0.05) is 41.9 Å². The van der Waals surface area contributed by atoms with Gasteiger partial charge in [-0.15, -0.1) is 0 Å². The fourth-order valence-corrected chi connectivity index (χ4v) is 2.11. The number of rotatable bonds is 3. The maximum Gasteiger partial charge on any atom is 0.237 e. The Morgan fingerprint density at radius 1 is 0.909 bits per heavy atom. The number of aromatic nitrogens is 1. The van der Waals surface area contributed by atoms with E-state index in [1.807, 2.05) is 36.4 Å². The van der Waals surface area contributed by atoms with E-state index in [0.717, 1.165) is 11.3 Å². The lowest BCUT2D eigenvalue weighted by molar-refractivity contribution is 0.462. The summed E-state index contributed by atoms with van der Waals surface area (Å²) in [6.45, 7) is 0. The molecule has 3 aromatic rings. The minimum absolute atomic E-state index is 0.283. The van der Waals surface area contributed by atoms with Crippen molar-refractivity contribution in [2.24, 2.45) is 0 Å². The lowest BCUT2D eigenvalue weighted by atomic mass is 10.1. The number of nitriles is 1. The number of ether oxygens (including phenoxy) is 1. The Labute approximate surface area is 133 Å². The van der Waals surface area contributed by atoms with Crippen LogP contribution in [0.4, 0.5) is 0 Å². The van der Waals surface area contributed by atoms with E-state index in [-0.39, 0.29) is 5.88 Å². The summed E-state index contributed by atoms with van der Waals surface area (Å²) >= 11 is 5.85. The van der Waals surface area contributed by atoms with Crippen LogP contribution in [0.5, 0.6) is 11.6 Å². The van der Waals surface area contributed by atoms with Crippen LogP contribution in [-0.2, 0) is 0 Å². The summed E-state index contributed by atoms with van der Waals surface area (Å²) < 4.78 is 5.73. The molecule has 0 radical (unpaired) electrons. The Morgan fingerprint density at radius 2 is 1.64 bits per heavy atom. The van der Waals surface area contributed by atoms with Gasteiger partial charge in [-0.05, 0) is 36.4 Å². The van der Waals surface area contributed by atoms with Crippen molar-refractivity contribution in [1.82, 2.24) is 4.98 Å². The van der Waals surface area contributed by atoms with E-state index in [1.165, 1.54) is 0 Å². The second-order valence-electron chi connectivity index (χ2n) is 4.58. The Bertz CT molecular complexity index is 824. The van der Waals surface area contributed by atoms with E-state index in [2.05, 4.69) is 11.1 Å². The zero-order valence-electron chi connectivity index (χ0n) is 11.5. The fourth-order valence-electron chi connectivity index (χ4n) is 1.99. The first-order valence-electron chi connectivity index (χ1n) is 6.66. The van der Waals surface area contributed by atoms with Crippen molar-refractivity contribution >= 4 is 11.6 Å². The molecule has 2 aromatic carbocycles. The fraction of sp³-hybridized carbons (Fsp3) is 0. The second kappa shape index (κ2) is 6.30. The molecule has 0 aliphatic carbocycles. The van der Waals surface area contributed by atoms with Crippen molar-refractivity contribution in [2.75, 3.05) is 0 Å². The van der Waals surface area contributed by atoms with E-state index in [0.29, 0.717) is 16.3 Å². The molecule has 3 rings (SSSR count). The molecular weight excluding hydrogens is 296 g/mol. The first kappa shape index (κ1) is 14.1. The van der Waals surface area contributed by atoms with E-state index in [9.17, 15) is 5.26 Å². The molecule has 0 amide bonds. The van der Waals surface area contributed by atoms with Crippen LogP contribution in [0.25, 0.3) is 11.3 Å². The standard InChI is InChI=1S/C18H11ClN2O/c19-15-7-9-16(10-8-15)22-18-14(12-20)6-11-17(21-18)13-4-2-1-3-5-13/h1-11H. The Kier molecular flexibility index (Phi) is 4.04. The molecule has 106 valence electrons. The molecule has 0 N–H and O–H groups in total. The van der Waals surface area contributed by atoms with Gasteiger partial charge < -0.3 is 4.74 Å². The number of hydrogen-bond donors (Lipinski definition) is 0. The van der Waals surface area contributed by atoms with Crippen LogP contribution in [0.1, 0.15) is 5.56 Å². The highest BCUT2D eigenvalue weighted by Crippen LogP contribution is 2.27. The summed E-state index contributed by atoms with van der Waals surface area (Å²) in [6, 6.07) is 22.3. The van der Waals surface area contributed by atoms with Crippen LogP contribution < -0.4 is 4.74 Å². The molecule has 0 bridgehead atoms. The molecule has 0 spiro atoms. The highest BCUT2D eigenvalue weighted by Gasteiger charge is 2.09. The summed E-state index contributed by atoms with van der Waals surface area (Å²) in [6.07, 6.45) is 0. The normalized spacial score (nSPS) is 10.0. The summed E-state index contributed by atoms with van der Waals surface area (Å²) in [5, 5.41) is 9.83. The highest BCUT2D eigenvalue weighted by atomic mass is 35.5. The molecule has 0 saturated heterocycles. The Morgan fingerprint density at radius 3 is 2.32 bits per heavy atom. The monoisotopic (exact) mass is 306 g/mol. The molecule has 1 heterocycles. The van der Waals surface area contributed by atoms with Gasteiger partial charge in [0.2, 0.25) is 5.88 Å². The molecule has 0 unspecified atom stereocenters. The average Bonchev–Trinajstić information content (AvgIpc) is 2.58. The van der Waals surface area contributed by atoms with Crippen LogP contribution in [0.3, 0.4) is 0 Å². The lowest BCUT2D eigenvalue weighted by Crippen LogP contribution is -1.94. The lowest BCUT2D eigenvalue weighted by Gasteiger charge is -2.08. The first-order chi connectivity index (χ1) is 10.8. The molecule has 3 nitrogen and oxygen atoms in total. The predicted molar refractivity (Wildman–Crippen MR) is 85.9 cm³/mol. The van der Waals surface area contributed by atoms with Gasteiger partial charge >= 0.3 is 0 Å². The van der Waals surface area contributed by atoms with Gasteiger partial charge in [-0.3, -0.25) is 0 Å². The molecule has 4 heteroatoms. The third kappa shape index (κ3) is 3.08. The number of pyridine rings is 1. The summed E-state index contributed by atoms with van der Waals surface area (Å²) in [7, 11) is 0. The topological polar surface area (TPSA) is 45.9 Å². The maximum absolute atomic E-state index is 9.21. The van der Waals surface area contributed by atoms with E-state index in [4.69, 9.17) is 16.3 Å². The summed E-state index contributed by atoms with van der Waals surface area (Å²) in [4.78, 5) is 4.45. The van der Waals surface area contributed by atoms with E-state index >= 15 is 0 Å². The molecule has 0 aliphatic heterocycles. The maximum atomic E-state index is 9.21. The van der Waals surface area contributed by atoms with Gasteiger partial charge in [0.05, 0.1) is 5.69 Å². The molecule has 0 aliphatic rings. The van der Waals surface area contributed by atoms with E-state index in [1.54, 1.807) is 30.3 Å².